The normalized spacial score (nSPS) is 10.8. The summed E-state index contributed by atoms with van der Waals surface area (Å²) < 4.78 is 5.92. The van der Waals surface area contributed by atoms with Gasteiger partial charge >= 0.3 is 0 Å². The van der Waals surface area contributed by atoms with Gasteiger partial charge in [-0.15, -0.1) is 0 Å². The van der Waals surface area contributed by atoms with E-state index in [1.807, 2.05) is 45.0 Å². The van der Waals surface area contributed by atoms with E-state index in [-0.39, 0.29) is 17.1 Å². The Morgan fingerprint density at radius 3 is 2.69 bits per heavy atom. The molecule has 2 rings (SSSR count). The Bertz CT molecular complexity index is 825. The number of nitrogens with one attached hydrogen (secondary N) is 1. The maximum atomic E-state index is 11.7. The molecule has 1 aromatic heterocycles. The van der Waals surface area contributed by atoms with E-state index >= 15 is 0 Å². The van der Waals surface area contributed by atoms with Gasteiger partial charge in [0.2, 0.25) is 11.8 Å². The third kappa shape index (κ3) is 4.73. The number of nitriles is 1. The summed E-state index contributed by atoms with van der Waals surface area (Å²) >= 11 is 0. The number of hydrogen-bond donors (Lipinski definition) is 2. The summed E-state index contributed by atoms with van der Waals surface area (Å²) in [6, 6.07) is 13.1. The van der Waals surface area contributed by atoms with Gasteiger partial charge in [0.15, 0.2) is 5.82 Å². The number of carbonyl (C=O) groups is 1. The fourth-order valence-corrected chi connectivity index (χ4v) is 2.58. The van der Waals surface area contributed by atoms with Crippen molar-refractivity contribution in [3.05, 3.63) is 42.0 Å². The number of nitrogens with zero attached hydrogens (tertiary/aromatic N) is 2. The Morgan fingerprint density at radius 1 is 1.31 bits per heavy atom. The van der Waals surface area contributed by atoms with Crippen LogP contribution in [0.4, 0.5) is 11.5 Å². The van der Waals surface area contributed by atoms with Crippen molar-refractivity contribution >= 4 is 17.4 Å². The number of anilines is 2. The minimum atomic E-state index is -0.356. The zero-order chi connectivity index (χ0) is 19.2. The predicted octanol–water partition coefficient (Wildman–Crippen LogP) is 4.39. The van der Waals surface area contributed by atoms with Crippen LogP contribution in [0.1, 0.15) is 45.6 Å². The van der Waals surface area contributed by atoms with E-state index in [2.05, 4.69) is 16.4 Å². The number of rotatable bonds is 7. The van der Waals surface area contributed by atoms with Crippen molar-refractivity contribution in [2.45, 2.75) is 45.4 Å². The smallest absolute Gasteiger partial charge is 0.224 e. The van der Waals surface area contributed by atoms with Crippen molar-refractivity contribution in [2.24, 2.45) is 0 Å². The number of amides is 1. The van der Waals surface area contributed by atoms with Crippen LogP contribution in [0.3, 0.4) is 0 Å². The molecule has 0 aliphatic heterocycles. The summed E-state index contributed by atoms with van der Waals surface area (Å²) in [5.41, 5.74) is 6.97. The number of nitrogen functional groups attached to an aromatic ring is 1. The molecule has 0 saturated heterocycles. The monoisotopic (exact) mass is 352 g/mol. The number of benzene rings is 1. The van der Waals surface area contributed by atoms with Crippen LogP contribution in [-0.2, 0) is 10.2 Å². The van der Waals surface area contributed by atoms with Crippen LogP contribution in [0.15, 0.2) is 36.4 Å². The first kappa shape index (κ1) is 19.3. The van der Waals surface area contributed by atoms with Crippen molar-refractivity contribution in [3.63, 3.8) is 0 Å². The number of carbonyl (C=O) groups excluding carboxylic acids is 1. The summed E-state index contributed by atoms with van der Waals surface area (Å²) in [5, 5.41) is 11.8. The van der Waals surface area contributed by atoms with Crippen molar-refractivity contribution in [1.82, 2.24) is 4.98 Å². The molecule has 0 spiro atoms. The van der Waals surface area contributed by atoms with Gasteiger partial charge in [-0.2, -0.15) is 10.2 Å². The highest BCUT2D eigenvalue weighted by Gasteiger charge is 2.24. The van der Waals surface area contributed by atoms with Crippen LogP contribution < -0.4 is 15.8 Å². The first-order valence-corrected chi connectivity index (χ1v) is 8.58. The van der Waals surface area contributed by atoms with E-state index in [4.69, 9.17) is 15.7 Å². The second-order valence-electron chi connectivity index (χ2n) is 6.70. The summed E-state index contributed by atoms with van der Waals surface area (Å²) in [5.74, 6) is 1.05. The Kier molecular flexibility index (Phi) is 6.18. The van der Waals surface area contributed by atoms with E-state index in [0.29, 0.717) is 30.2 Å². The average molecular weight is 352 g/mol. The lowest BCUT2D eigenvalue weighted by Gasteiger charge is -2.24. The lowest BCUT2D eigenvalue weighted by Crippen LogP contribution is -2.17. The number of hydrogen-bond acceptors (Lipinski definition) is 5. The minimum Gasteiger partial charge on any atom is -0.439 e. The third-order valence-electron chi connectivity index (χ3n) is 4.00. The zero-order valence-electron chi connectivity index (χ0n) is 15.4. The highest BCUT2D eigenvalue weighted by atomic mass is 16.5. The molecule has 26 heavy (non-hydrogen) atoms. The fourth-order valence-electron chi connectivity index (χ4n) is 2.58. The molecule has 6 heteroatoms. The maximum Gasteiger partial charge on any atom is 0.224 e. The predicted molar refractivity (Wildman–Crippen MR) is 102 cm³/mol. The van der Waals surface area contributed by atoms with Gasteiger partial charge in [0.1, 0.15) is 5.75 Å². The van der Waals surface area contributed by atoms with E-state index in [1.54, 1.807) is 12.1 Å². The van der Waals surface area contributed by atoms with E-state index in [1.165, 1.54) is 0 Å². The molecular weight excluding hydrogens is 328 g/mol. The standard InChI is InChI=1S/C20H24N4O2/c1-4-7-17(25)23-15-10-11-18(24-19(15)22)26-16-9-6-5-8-14(16)20(2,3)12-13-21/h5-6,8-11H,4,7,12H2,1-3H3,(H2,22,24)(H,23,25). The Morgan fingerprint density at radius 2 is 2.04 bits per heavy atom. The van der Waals surface area contributed by atoms with Crippen LogP contribution in [0.2, 0.25) is 0 Å². The van der Waals surface area contributed by atoms with Gasteiger partial charge in [-0.3, -0.25) is 4.79 Å². The quantitative estimate of drug-likeness (QED) is 0.770. The van der Waals surface area contributed by atoms with Crippen LogP contribution in [-0.4, -0.2) is 10.9 Å². The topological polar surface area (TPSA) is 101 Å². The molecule has 0 aliphatic carbocycles. The molecule has 3 N–H and O–H groups in total. The molecule has 0 fully saturated rings. The van der Waals surface area contributed by atoms with Gasteiger partial charge in [-0.25, -0.2) is 0 Å². The van der Waals surface area contributed by atoms with Gasteiger partial charge in [-0.1, -0.05) is 39.0 Å². The fraction of sp³-hybridized carbons (Fsp3) is 0.350. The molecule has 1 amide bonds. The van der Waals surface area contributed by atoms with Gasteiger partial charge < -0.3 is 15.8 Å². The molecule has 6 nitrogen and oxygen atoms in total. The number of nitrogens with two attached hydrogens (primary N) is 1. The number of pyridine rings is 1. The SMILES string of the molecule is CCCC(=O)Nc1ccc(Oc2ccccc2C(C)(C)CC#N)nc1N. The molecule has 2 aromatic rings. The highest BCUT2D eigenvalue weighted by molar-refractivity contribution is 5.93. The molecule has 0 saturated carbocycles. The van der Waals surface area contributed by atoms with Crippen molar-refractivity contribution in [1.29, 1.82) is 5.26 Å². The summed E-state index contributed by atoms with van der Waals surface area (Å²) in [6.45, 7) is 5.92. The Labute approximate surface area is 154 Å². The average Bonchev–Trinajstić information content (AvgIpc) is 2.58. The lowest BCUT2D eigenvalue weighted by atomic mass is 9.81. The molecule has 0 bridgehead atoms. The molecule has 0 atom stereocenters. The van der Waals surface area contributed by atoms with Crippen LogP contribution in [0.25, 0.3) is 0 Å². The molecular formula is C20H24N4O2. The van der Waals surface area contributed by atoms with Gasteiger partial charge in [0.25, 0.3) is 0 Å². The van der Waals surface area contributed by atoms with Gasteiger partial charge in [0.05, 0.1) is 11.8 Å². The summed E-state index contributed by atoms with van der Waals surface area (Å²) in [4.78, 5) is 15.9. The van der Waals surface area contributed by atoms with Crippen LogP contribution in [0, 0.1) is 11.3 Å². The van der Waals surface area contributed by atoms with Crippen LogP contribution in [0.5, 0.6) is 11.6 Å². The summed E-state index contributed by atoms with van der Waals surface area (Å²) in [7, 11) is 0. The van der Waals surface area contributed by atoms with Gasteiger partial charge in [-0.05, 0) is 18.6 Å². The second kappa shape index (κ2) is 8.34. The van der Waals surface area contributed by atoms with Crippen LogP contribution >= 0.6 is 0 Å². The van der Waals surface area contributed by atoms with Crippen molar-refractivity contribution in [3.8, 4) is 17.7 Å². The maximum absolute atomic E-state index is 11.7. The first-order valence-electron chi connectivity index (χ1n) is 8.58. The van der Waals surface area contributed by atoms with Gasteiger partial charge in [0, 0.05) is 29.9 Å². The molecule has 0 unspecified atom stereocenters. The molecule has 0 aliphatic rings. The number of para-hydroxylation sites is 1. The largest absolute Gasteiger partial charge is 0.439 e. The molecule has 1 aromatic carbocycles. The molecule has 136 valence electrons. The number of aromatic nitrogens is 1. The second-order valence-corrected chi connectivity index (χ2v) is 6.70. The Balaban J connectivity index is 2.24. The lowest BCUT2D eigenvalue weighted by molar-refractivity contribution is -0.116. The zero-order valence-corrected chi connectivity index (χ0v) is 15.4. The van der Waals surface area contributed by atoms with E-state index in [0.717, 1.165) is 12.0 Å². The first-order chi connectivity index (χ1) is 12.4. The summed E-state index contributed by atoms with van der Waals surface area (Å²) in [6.07, 6.45) is 1.56. The Hall–Kier alpha value is -3.07. The molecule has 0 radical (unpaired) electrons. The third-order valence-corrected chi connectivity index (χ3v) is 4.00. The van der Waals surface area contributed by atoms with Crippen molar-refractivity contribution < 1.29 is 9.53 Å². The minimum absolute atomic E-state index is 0.0988. The van der Waals surface area contributed by atoms with Crippen molar-refractivity contribution in [2.75, 3.05) is 11.1 Å². The number of ether oxygens (including phenoxy) is 1. The highest BCUT2D eigenvalue weighted by Crippen LogP contribution is 2.36. The van der Waals surface area contributed by atoms with E-state index in [9.17, 15) is 4.79 Å². The molecule has 1 heterocycles. The van der Waals surface area contributed by atoms with E-state index < -0.39 is 0 Å².